The Balaban J connectivity index is 1.24. The van der Waals surface area contributed by atoms with Crippen LogP contribution in [0.4, 0.5) is 14.5 Å². The maximum Gasteiger partial charge on any atom is 0.290 e. The molecule has 3 N–H and O–H groups in total. The number of aryl methyl sites for hydroxylation is 1. The summed E-state index contributed by atoms with van der Waals surface area (Å²) in [6.45, 7) is 7.63. The molecule has 40 heavy (non-hydrogen) atoms. The van der Waals surface area contributed by atoms with E-state index in [4.69, 9.17) is 5.10 Å². The fraction of sp³-hybridized carbons (Fsp3) is 0.567. The van der Waals surface area contributed by atoms with Gasteiger partial charge in [0.05, 0.1) is 17.2 Å². The molecule has 10 heteroatoms. The summed E-state index contributed by atoms with van der Waals surface area (Å²) in [6.07, 6.45) is 7.06. The highest BCUT2D eigenvalue weighted by molar-refractivity contribution is 6.04. The molecule has 1 saturated carbocycles. The van der Waals surface area contributed by atoms with E-state index < -0.39 is 17.4 Å². The van der Waals surface area contributed by atoms with Gasteiger partial charge in [-0.05, 0) is 76.1 Å². The average Bonchev–Trinajstić information content (AvgIpc) is 3.35. The number of fused-ring (bicyclic) bond motifs is 2. The number of halogens is 2. The average molecular weight is 553 g/mol. The Bertz CT molecular complexity index is 1400. The van der Waals surface area contributed by atoms with Crippen LogP contribution in [0.5, 0.6) is 0 Å². The summed E-state index contributed by atoms with van der Waals surface area (Å²) < 4.78 is 31.0. The number of piperazine rings is 1. The van der Waals surface area contributed by atoms with Gasteiger partial charge in [-0.25, -0.2) is 4.98 Å². The molecule has 214 valence electrons. The normalized spacial score (nSPS) is 23.6. The smallest absolute Gasteiger partial charge is 0.290 e. The summed E-state index contributed by atoms with van der Waals surface area (Å²) in [4.78, 5) is 19.9. The van der Waals surface area contributed by atoms with Gasteiger partial charge in [-0.1, -0.05) is 6.07 Å². The van der Waals surface area contributed by atoms with Crippen molar-refractivity contribution < 1.29 is 18.7 Å². The van der Waals surface area contributed by atoms with Crippen molar-refractivity contribution in [2.24, 2.45) is 0 Å². The van der Waals surface area contributed by atoms with Gasteiger partial charge in [0.1, 0.15) is 11.4 Å². The third kappa shape index (κ3) is 5.36. The first-order valence-corrected chi connectivity index (χ1v) is 14.5. The van der Waals surface area contributed by atoms with Gasteiger partial charge in [-0.2, -0.15) is 13.9 Å². The minimum Gasteiger partial charge on any atom is -0.386 e. The summed E-state index contributed by atoms with van der Waals surface area (Å²) in [5.41, 5.74) is 0.504. The van der Waals surface area contributed by atoms with Gasteiger partial charge >= 0.3 is 0 Å². The standard InChI is InChI=1S/C30H38F2N6O2/c1-29(2,40)23-17-25-20(18-38(36-25)22-8-6-21(7-9-22)37-14-12-33-13-15-37)16-26(23)35-28(39)24-10-5-19-4-3-11-30(31,32)27(19)34-24/h5,10,16-18,21-22,33,40H,3-4,6-9,11-15H2,1-2H3,(H,35,39). The SMILES string of the molecule is CC(C)(O)c1cc2nn(C3CCC(N4CCNCC4)CC3)cc2cc1NC(=O)c1ccc2c(n1)C(F)(F)CCC2. The molecule has 0 atom stereocenters. The first kappa shape index (κ1) is 27.2. The monoisotopic (exact) mass is 552 g/mol. The van der Waals surface area contributed by atoms with E-state index in [-0.39, 0.29) is 17.8 Å². The molecule has 2 aliphatic carbocycles. The fourth-order valence-corrected chi connectivity index (χ4v) is 6.56. The Hall–Kier alpha value is -2.95. The Kier molecular flexibility index (Phi) is 7.13. The zero-order valence-electron chi connectivity index (χ0n) is 23.2. The van der Waals surface area contributed by atoms with Crippen LogP contribution in [0.1, 0.15) is 85.7 Å². The Labute approximate surface area is 233 Å². The quantitative estimate of drug-likeness (QED) is 0.424. The van der Waals surface area contributed by atoms with Gasteiger partial charge < -0.3 is 15.7 Å². The maximum absolute atomic E-state index is 14.5. The molecule has 2 fully saturated rings. The van der Waals surface area contributed by atoms with Crippen LogP contribution in [0.2, 0.25) is 0 Å². The number of aromatic nitrogens is 3. The van der Waals surface area contributed by atoms with Gasteiger partial charge in [0, 0.05) is 61.5 Å². The van der Waals surface area contributed by atoms with E-state index in [0.29, 0.717) is 41.7 Å². The van der Waals surface area contributed by atoms with Gasteiger partial charge in [0.2, 0.25) is 0 Å². The highest BCUT2D eigenvalue weighted by atomic mass is 19.3. The minimum atomic E-state index is -3.04. The van der Waals surface area contributed by atoms with E-state index >= 15 is 0 Å². The van der Waals surface area contributed by atoms with Gasteiger partial charge in [-0.15, -0.1) is 0 Å². The molecule has 0 bridgehead atoms. The molecule has 0 spiro atoms. The third-order valence-electron chi connectivity index (χ3n) is 8.77. The number of rotatable bonds is 5. The summed E-state index contributed by atoms with van der Waals surface area (Å²) in [5, 5.41) is 22.9. The van der Waals surface area contributed by atoms with Crippen LogP contribution in [0.25, 0.3) is 10.9 Å². The van der Waals surface area contributed by atoms with E-state index in [1.807, 2.05) is 23.0 Å². The van der Waals surface area contributed by atoms with Gasteiger partial charge in [0.25, 0.3) is 11.8 Å². The summed E-state index contributed by atoms with van der Waals surface area (Å²) in [7, 11) is 0. The fourth-order valence-electron chi connectivity index (χ4n) is 6.56. The van der Waals surface area contributed by atoms with E-state index in [0.717, 1.165) is 62.8 Å². The number of amides is 1. The molecule has 6 rings (SSSR count). The molecule has 1 amide bonds. The Morgan fingerprint density at radius 2 is 1.85 bits per heavy atom. The molecular weight excluding hydrogens is 514 g/mol. The van der Waals surface area contributed by atoms with E-state index in [9.17, 15) is 18.7 Å². The number of pyridine rings is 1. The molecular formula is C30H38F2N6O2. The van der Waals surface area contributed by atoms with Gasteiger partial charge in [-0.3, -0.25) is 14.4 Å². The van der Waals surface area contributed by atoms with E-state index in [1.165, 1.54) is 6.07 Å². The van der Waals surface area contributed by atoms with Crippen LogP contribution in [-0.2, 0) is 17.9 Å². The molecule has 0 unspecified atom stereocenters. The number of anilines is 1. The Morgan fingerprint density at radius 3 is 2.58 bits per heavy atom. The molecule has 1 aromatic carbocycles. The molecule has 3 aliphatic rings. The predicted molar refractivity (Wildman–Crippen MR) is 150 cm³/mol. The van der Waals surface area contributed by atoms with Crippen molar-refractivity contribution in [3.8, 4) is 0 Å². The van der Waals surface area contributed by atoms with E-state index in [1.54, 1.807) is 19.9 Å². The van der Waals surface area contributed by atoms with Crippen LogP contribution >= 0.6 is 0 Å². The van der Waals surface area contributed by atoms with Crippen molar-refractivity contribution in [3.63, 3.8) is 0 Å². The number of benzene rings is 1. The first-order chi connectivity index (χ1) is 19.1. The first-order valence-electron chi connectivity index (χ1n) is 14.5. The lowest BCUT2D eigenvalue weighted by Crippen LogP contribution is -2.49. The molecule has 1 saturated heterocycles. The molecule has 0 radical (unpaired) electrons. The third-order valence-corrected chi connectivity index (χ3v) is 8.77. The van der Waals surface area contributed by atoms with Crippen molar-refractivity contribution in [1.82, 2.24) is 25.0 Å². The highest BCUT2D eigenvalue weighted by Gasteiger charge is 2.39. The second kappa shape index (κ2) is 10.5. The zero-order valence-corrected chi connectivity index (χ0v) is 23.2. The number of alkyl halides is 2. The largest absolute Gasteiger partial charge is 0.386 e. The van der Waals surface area contributed by atoms with Crippen LogP contribution in [0.3, 0.4) is 0 Å². The lowest BCUT2D eigenvalue weighted by atomic mass is 9.90. The van der Waals surface area contributed by atoms with Crippen LogP contribution in [0, 0.1) is 0 Å². The molecule has 2 aromatic heterocycles. The van der Waals surface area contributed by atoms with Crippen molar-refractivity contribution in [3.05, 3.63) is 53.0 Å². The summed E-state index contributed by atoms with van der Waals surface area (Å²) in [5.74, 6) is -3.63. The van der Waals surface area contributed by atoms with E-state index in [2.05, 4.69) is 20.5 Å². The number of carbonyl (C=O) groups is 1. The molecule has 3 aromatic rings. The van der Waals surface area contributed by atoms with Crippen LogP contribution in [0.15, 0.2) is 30.5 Å². The number of hydrogen-bond donors (Lipinski definition) is 3. The molecule has 1 aliphatic heterocycles. The topological polar surface area (TPSA) is 95.3 Å². The Morgan fingerprint density at radius 1 is 1.12 bits per heavy atom. The van der Waals surface area contributed by atoms with Crippen molar-refractivity contribution >= 4 is 22.5 Å². The second-order valence-corrected chi connectivity index (χ2v) is 12.1. The van der Waals surface area contributed by atoms with Crippen LogP contribution < -0.4 is 10.6 Å². The number of hydrogen-bond acceptors (Lipinski definition) is 6. The number of nitrogens with one attached hydrogen (secondary N) is 2. The lowest BCUT2D eigenvalue weighted by Gasteiger charge is -2.39. The second-order valence-electron chi connectivity index (χ2n) is 12.1. The van der Waals surface area contributed by atoms with Gasteiger partial charge in [0.15, 0.2) is 0 Å². The summed E-state index contributed by atoms with van der Waals surface area (Å²) >= 11 is 0. The molecule has 8 nitrogen and oxygen atoms in total. The minimum absolute atomic E-state index is 0.0703. The van der Waals surface area contributed by atoms with Crippen molar-refractivity contribution in [2.45, 2.75) is 82.4 Å². The number of nitrogens with zero attached hydrogens (tertiary/aromatic N) is 4. The summed E-state index contributed by atoms with van der Waals surface area (Å²) in [6, 6.07) is 7.62. The maximum atomic E-state index is 14.5. The van der Waals surface area contributed by atoms with Crippen molar-refractivity contribution in [1.29, 1.82) is 0 Å². The highest BCUT2D eigenvalue weighted by Crippen LogP contribution is 2.39. The molecule has 3 heterocycles. The lowest BCUT2D eigenvalue weighted by molar-refractivity contribution is -0.0263. The number of carbonyl (C=O) groups excluding carboxylic acids is 1. The predicted octanol–water partition coefficient (Wildman–Crippen LogP) is 4.73. The zero-order chi connectivity index (χ0) is 28.1. The number of aliphatic hydroxyl groups is 1. The van der Waals surface area contributed by atoms with Crippen molar-refractivity contribution in [2.75, 3.05) is 31.5 Å². The van der Waals surface area contributed by atoms with Crippen LogP contribution in [-0.4, -0.2) is 62.9 Å².